The Morgan fingerprint density at radius 1 is 1.05 bits per heavy atom. The number of Topliss-reactive ketones (excluding diaryl/α,β-unsaturated/α-hetero) is 2. The molecule has 1 aromatic rings. The van der Waals surface area contributed by atoms with Crippen molar-refractivity contribution in [2.45, 2.75) is 24.5 Å². The molecule has 0 spiro atoms. The molecule has 5 N–H and O–H groups in total. The lowest BCUT2D eigenvalue weighted by Crippen LogP contribution is -2.66. The van der Waals surface area contributed by atoms with Crippen LogP contribution in [-0.4, -0.2) is 114 Å². The van der Waals surface area contributed by atoms with Gasteiger partial charge in [0.05, 0.1) is 18.2 Å². The summed E-state index contributed by atoms with van der Waals surface area (Å²) in [5.74, 6) is -7.65. The molecule has 0 heterocycles. The first-order valence-corrected chi connectivity index (χ1v) is 12.5. The molecule has 0 aromatic heterocycles. The number of nitrogens with one attached hydrogen (secondary N) is 1. The molecule has 1 aromatic carbocycles. The van der Waals surface area contributed by atoms with Crippen LogP contribution in [0.25, 0.3) is 5.76 Å². The van der Waals surface area contributed by atoms with Crippen LogP contribution in [0.4, 0.5) is 5.69 Å². The number of amides is 2. The molecular weight excluding hydrogens is 508 g/mol. The third kappa shape index (κ3) is 4.28. The van der Waals surface area contributed by atoms with Crippen LogP contribution in [0.2, 0.25) is 0 Å². The Bertz CT molecular complexity index is 1350. The molecule has 4 atom stereocenters. The van der Waals surface area contributed by atoms with Crippen molar-refractivity contribution in [3.8, 4) is 5.75 Å². The molecule has 3 aliphatic carbocycles. The number of carbonyl (C=O) groups is 4. The smallest absolute Gasteiger partial charge is 0.265 e. The van der Waals surface area contributed by atoms with Gasteiger partial charge in [0.25, 0.3) is 5.91 Å². The van der Waals surface area contributed by atoms with Gasteiger partial charge < -0.3 is 30.2 Å². The molecule has 12 nitrogen and oxygen atoms in total. The number of nitrogens with zero attached hydrogens (tertiary/aromatic N) is 3. The Morgan fingerprint density at radius 2 is 1.69 bits per heavy atom. The van der Waals surface area contributed by atoms with Gasteiger partial charge in [-0.2, -0.15) is 0 Å². The maximum atomic E-state index is 14.0. The normalized spacial score (nSPS) is 26.4. The van der Waals surface area contributed by atoms with Crippen LogP contribution in [0.3, 0.4) is 0 Å². The number of phenolic OH excluding ortho intramolecular Hbond substituents is 1. The number of hydrogen-bond donors (Lipinski definition) is 5. The predicted octanol–water partition coefficient (Wildman–Crippen LogP) is -0.251. The molecule has 4 rings (SSSR count). The third-order valence-electron chi connectivity index (χ3n) is 7.75. The molecule has 2 amide bonds. The molecule has 0 aliphatic heterocycles. The average molecular weight is 543 g/mol. The van der Waals surface area contributed by atoms with E-state index >= 15 is 0 Å². The summed E-state index contributed by atoms with van der Waals surface area (Å²) in [6.07, 6.45) is 0.233. The molecule has 0 unspecified atom stereocenters. The van der Waals surface area contributed by atoms with Crippen molar-refractivity contribution < 1.29 is 39.6 Å². The number of aromatic hydroxyl groups is 1. The van der Waals surface area contributed by atoms with E-state index in [0.717, 1.165) is 5.69 Å². The molecule has 0 bridgehead atoms. The highest BCUT2D eigenvalue weighted by atomic mass is 16.3. The van der Waals surface area contributed by atoms with Crippen LogP contribution in [0, 0.1) is 11.8 Å². The molecule has 0 radical (unpaired) electrons. The predicted molar refractivity (Wildman–Crippen MR) is 141 cm³/mol. The Morgan fingerprint density at radius 3 is 2.26 bits per heavy atom. The van der Waals surface area contributed by atoms with E-state index in [9.17, 15) is 39.6 Å². The van der Waals surface area contributed by atoms with Gasteiger partial charge in [0.2, 0.25) is 11.7 Å². The van der Waals surface area contributed by atoms with Crippen molar-refractivity contribution in [2.75, 3.05) is 53.7 Å². The standard InChI is InChI=1S/C27H34N4O8/c1-29(2)11-17(33)28-26(38)20-23(35)21(31(5)6)14-10-12-9-13-15(30(3)4)7-8-16(32)19(13)22(34)18(12)24(36)27(14,39)25(20)37/h7-8,12,14,21,32,34,37,39H,9-11H2,1-6H3,(H,28,33,38)/t12-,14-,21-,27-/m0/s1. The van der Waals surface area contributed by atoms with Gasteiger partial charge in [-0.3, -0.25) is 29.4 Å². The van der Waals surface area contributed by atoms with Gasteiger partial charge in [-0.25, -0.2) is 0 Å². The number of hydrogen-bond acceptors (Lipinski definition) is 11. The molecule has 3 aliphatic rings. The van der Waals surface area contributed by atoms with Crippen molar-refractivity contribution in [2.24, 2.45) is 11.8 Å². The van der Waals surface area contributed by atoms with Crippen molar-refractivity contribution in [1.29, 1.82) is 0 Å². The zero-order valence-electron chi connectivity index (χ0n) is 22.8. The number of anilines is 1. The fourth-order valence-corrected chi connectivity index (χ4v) is 6.14. The van der Waals surface area contributed by atoms with E-state index in [1.54, 1.807) is 53.3 Å². The average Bonchev–Trinajstić information content (AvgIpc) is 2.80. The minimum absolute atomic E-state index is 0.0106. The Balaban J connectivity index is 1.90. The van der Waals surface area contributed by atoms with Gasteiger partial charge in [0.15, 0.2) is 11.4 Å². The van der Waals surface area contributed by atoms with E-state index in [-0.39, 0.29) is 36.3 Å². The van der Waals surface area contributed by atoms with Crippen LogP contribution < -0.4 is 10.2 Å². The van der Waals surface area contributed by atoms with Crippen LogP contribution in [0.1, 0.15) is 17.5 Å². The quantitative estimate of drug-likeness (QED) is 0.311. The van der Waals surface area contributed by atoms with E-state index in [2.05, 4.69) is 0 Å². The Labute approximate surface area is 225 Å². The second kappa shape index (κ2) is 9.78. The van der Waals surface area contributed by atoms with Crippen molar-refractivity contribution in [3.63, 3.8) is 0 Å². The maximum absolute atomic E-state index is 14.0. The SMILES string of the molecule is CN(C)CC(=O)NC(=O)C1=C(O)[C@@]2(O)C(=O)C3=C(O)c4c(O)ccc(N(C)C)c4C[C@H]3C[C@H]2[C@H](N(C)C)C1=O. The Kier molecular flexibility index (Phi) is 7.09. The first kappa shape index (κ1) is 28.3. The lowest BCUT2D eigenvalue weighted by Gasteiger charge is -2.50. The minimum Gasteiger partial charge on any atom is -0.508 e. The summed E-state index contributed by atoms with van der Waals surface area (Å²) in [6, 6.07) is 1.89. The fourth-order valence-electron chi connectivity index (χ4n) is 6.14. The summed E-state index contributed by atoms with van der Waals surface area (Å²) in [5.41, 5.74) is -2.45. The van der Waals surface area contributed by atoms with E-state index < -0.39 is 64.0 Å². The topological polar surface area (TPSA) is 171 Å². The lowest BCUT2D eigenvalue weighted by molar-refractivity contribution is -0.153. The van der Waals surface area contributed by atoms with E-state index in [1.807, 2.05) is 5.32 Å². The molecule has 1 saturated carbocycles. The number of aliphatic hydroxyl groups is 3. The number of aliphatic hydroxyl groups excluding tert-OH is 2. The summed E-state index contributed by atoms with van der Waals surface area (Å²) in [5, 5.41) is 46.9. The highest BCUT2D eigenvalue weighted by molar-refractivity contribution is 6.27. The van der Waals surface area contributed by atoms with Gasteiger partial charge in [-0.15, -0.1) is 0 Å². The molecule has 1 fully saturated rings. The number of benzene rings is 1. The van der Waals surface area contributed by atoms with Crippen LogP contribution in [0.5, 0.6) is 5.75 Å². The zero-order chi connectivity index (χ0) is 29.1. The van der Waals surface area contributed by atoms with Gasteiger partial charge in [0, 0.05) is 31.3 Å². The monoisotopic (exact) mass is 542 g/mol. The van der Waals surface area contributed by atoms with Gasteiger partial charge in [0.1, 0.15) is 22.8 Å². The number of fused-ring (bicyclic) bond motifs is 3. The van der Waals surface area contributed by atoms with Crippen LogP contribution in [0.15, 0.2) is 29.0 Å². The summed E-state index contributed by atoms with van der Waals surface area (Å²) in [7, 11) is 9.89. The lowest BCUT2D eigenvalue weighted by atomic mass is 9.57. The molecular formula is C27H34N4O8. The van der Waals surface area contributed by atoms with Gasteiger partial charge >= 0.3 is 0 Å². The van der Waals surface area contributed by atoms with Crippen LogP contribution in [-0.2, 0) is 25.6 Å². The summed E-state index contributed by atoms with van der Waals surface area (Å²) in [6.45, 7) is -0.183. The highest BCUT2D eigenvalue weighted by Gasteiger charge is 2.64. The summed E-state index contributed by atoms with van der Waals surface area (Å²) >= 11 is 0. The summed E-state index contributed by atoms with van der Waals surface area (Å²) in [4.78, 5) is 57.6. The number of carbonyl (C=O) groups excluding carboxylic acids is 4. The van der Waals surface area contributed by atoms with Gasteiger partial charge in [-0.05, 0) is 64.6 Å². The number of likely N-dealkylation sites (N-methyl/N-ethyl adjacent to an activating group) is 2. The van der Waals surface area contributed by atoms with Crippen molar-refractivity contribution in [1.82, 2.24) is 15.1 Å². The first-order valence-electron chi connectivity index (χ1n) is 12.5. The number of rotatable bonds is 5. The van der Waals surface area contributed by atoms with E-state index in [4.69, 9.17) is 0 Å². The van der Waals surface area contributed by atoms with Crippen molar-refractivity contribution in [3.05, 3.63) is 40.2 Å². The zero-order valence-corrected chi connectivity index (χ0v) is 22.8. The number of ketones is 2. The molecule has 210 valence electrons. The molecule has 39 heavy (non-hydrogen) atoms. The van der Waals surface area contributed by atoms with E-state index in [0.29, 0.717) is 5.56 Å². The second-order valence-corrected chi connectivity index (χ2v) is 11.1. The third-order valence-corrected chi connectivity index (χ3v) is 7.75. The minimum atomic E-state index is -2.73. The molecule has 12 heteroatoms. The largest absolute Gasteiger partial charge is 0.508 e. The molecule has 0 saturated heterocycles. The Hall–Kier alpha value is -3.74. The second-order valence-electron chi connectivity index (χ2n) is 11.1. The first-order chi connectivity index (χ1) is 18.1. The number of phenols is 1. The number of imide groups is 1. The fraction of sp³-hybridized carbons (Fsp3) is 0.481. The highest BCUT2D eigenvalue weighted by Crippen LogP contribution is 2.53. The van der Waals surface area contributed by atoms with Gasteiger partial charge in [-0.1, -0.05) is 0 Å². The van der Waals surface area contributed by atoms with E-state index in [1.165, 1.54) is 15.9 Å². The maximum Gasteiger partial charge on any atom is 0.265 e. The summed E-state index contributed by atoms with van der Waals surface area (Å²) < 4.78 is 0. The van der Waals surface area contributed by atoms with Crippen molar-refractivity contribution >= 4 is 34.8 Å². The van der Waals surface area contributed by atoms with Crippen LogP contribution >= 0.6 is 0 Å².